The minimum absolute atomic E-state index is 0.209. The molecule has 0 N–H and O–H groups in total. The van der Waals surface area contributed by atoms with Gasteiger partial charge in [-0.3, -0.25) is 0 Å². The Kier molecular flexibility index (Phi) is 4.47. The predicted molar refractivity (Wildman–Crippen MR) is 87.2 cm³/mol. The van der Waals surface area contributed by atoms with E-state index in [9.17, 15) is 0 Å². The summed E-state index contributed by atoms with van der Waals surface area (Å²) in [6.45, 7) is 0. The van der Waals surface area contributed by atoms with E-state index in [2.05, 4.69) is 53.7 Å². The maximum absolute atomic E-state index is 5.51. The first-order valence-electron chi connectivity index (χ1n) is 7.40. The van der Waals surface area contributed by atoms with Crippen molar-refractivity contribution in [2.45, 2.75) is 25.4 Å². The van der Waals surface area contributed by atoms with Gasteiger partial charge in [0, 0.05) is 6.42 Å². The van der Waals surface area contributed by atoms with Gasteiger partial charge >= 0.3 is 0 Å². The Labute approximate surface area is 125 Å². The molecule has 0 saturated heterocycles. The van der Waals surface area contributed by atoms with Gasteiger partial charge < -0.3 is 4.84 Å². The number of benzene rings is 2. The summed E-state index contributed by atoms with van der Waals surface area (Å²) in [6, 6.07) is 20.8. The summed E-state index contributed by atoms with van der Waals surface area (Å²) in [6.07, 6.45) is 7.29. The zero-order valence-corrected chi connectivity index (χ0v) is 12.0. The molecule has 21 heavy (non-hydrogen) atoms. The van der Waals surface area contributed by atoms with Crippen LogP contribution in [0.25, 0.3) is 6.08 Å². The summed E-state index contributed by atoms with van der Waals surface area (Å²) in [7, 11) is 0. The molecular formula is C19H19NO. The number of oxime groups is 1. The molecule has 1 aliphatic rings. The van der Waals surface area contributed by atoms with Crippen molar-refractivity contribution in [2.75, 3.05) is 0 Å². The number of aryl methyl sites for hydroxylation is 1. The lowest BCUT2D eigenvalue weighted by Gasteiger charge is -2.07. The van der Waals surface area contributed by atoms with Crippen molar-refractivity contribution in [3.05, 3.63) is 77.9 Å². The van der Waals surface area contributed by atoms with Crippen LogP contribution in [-0.2, 0) is 11.3 Å². The second-order valence-electron chi connectivity index (χ2n) is 5.28. The average molecular weight is 277 g/mol. The third kappa shape index (κ3) is 4.06. The quantitative estimate of drug-likeness (QED) is 0.789. The SMILES string of the molecule is C(=Cc1ccccc1)C1=NOC(CCc2ccccc2)C1. The number of hydrogen-bond donors (Lipinski definition) is 0. The summed E-state index contributed by atoms with van der Waals surface area (Å²) in [5, 5.41) is 4.17. The van der Waals surface area contributed by atoms with Gasteiger partial charge in [-0.1, -0.05) is 71.9 Å². The van der Waals surface area contributed by atoms with Crippen molar-refractivity contribution in [1.82, 2.24) is 0 Å². The highest BCUT2D eigenvalue weighted by atomic mass is 16.6. The molecule has 2 heteroatoms. The van der Waals surface area contributed by atoms with Gasteiger partial charge in [-0.05, 0) is 30.0 Å². The van der Waals surface area contributed by atoms with Crippen molar-refractivity contribution in [1.29, 1.82) is 0 Å². The molecule has 1 aliphatic heterocycles. The highest BCUT2D eigenvalue weighted by molar-refractivity contribution is 5.98. The number of rotatable bonds is 5. The zero-order valence-electron chi connectivity index (χ0n) is 12.0. The van der Waals surface area contributed by atoms with Crippen LogP contribution in [0.4, 0.5) is 0 Å². The summed E-state index contributed by atoms with van der Waals surface area (Å²) in [5.74, 6) is 0. The predicted octanol–water partition coefficient (Wildman–Crippen LogP) is 4.48. The average Bonchev–Trinajstić information content (AvgIpc) is 3.01. The Morgan fingerprint density at radius 2 is 1.67 bits per heavy atom. The summed E-state index contributed by atoms with van der Waals surface area (Å²) in [4.78, 5) is 5.51. The maximum Gasteiger partial charge on any atom is 0.133 e. The van der Waals surface area contributed by atoms with Crippen LogP contribution in [0.2, 0.25) is 0 Å². The minimum Gasteiger partial charge on any atom is -0.392 e. The molecule has 0 radical (unpaired) electrons. The van der Waals surface area contributed by atoms with E-state index in [4.69, 9.17) is 4.84 Å². The lowest BCUT2D eigenvalue weighted by molar-refractivity contribution is 0.0794. The first kappa shape index (κ1) is 13.6. The Balaban J connectivity index is 1.48. The van der Waals surface area contributed by atoms with E-state index in [-0.39, 0.29) is 6.10 Å². The number of allylic oxidation sites excluding steroid dienone is 1. The molecule has 2 aromatic carbocycles. The highest BCUT2D eigenvalue weighted by Crippen LogP contribution is 2.18. The first-order chi connectivity index (χ1) is 10.4. The molecule has 0 saturated carbocycles. The molecule has 106 valence electrons. The number of hydrogen-bond acceptors (Lipinski definition) is 2. The van der Waals surface area contributed by atoms with Gasteiger partial charge in [-0.25, -0.2) is 0 Å². The van der Waals surface area contributed by atoms with E-state index in [1.54, 1.807) is 0 Å². The largest absolute Gasteiger partial charge is 0.392 e. The van der Waals surface area contributed by atoms with Crippen LogP contribution >= 0.6 is 0 Å². The molecule has 0 aliphatic carbocycles. The zero-order chi connectivity index (χ0) is 14.3. The molecule has 0 bridgehead atoms. The fourth-order valence-electron chi connectivity index (χ4n) is 2.43. The first-order valence-corrected chi connectivity index (χ1v) is 7.40. The van der Waals surface area contributed by atoms with Crippen LogP contribution in [0.5, 0.6) is 0 Å². The summed E-state index contributed by atoms with van der Waals surface area (Å²) in [5.41, 5.74) is 3.57. The molecule has 3 rings (SSSR count). The topological polar surface area (TPSA) is 21.6 Å². The van der Waals surface area contributed by atoms with Crippen LogP contribution in [-0.4, -0.2) is 11.8 Å². The molecule has 2 aromatic rings. The van der Waals surface area contributed by atoms with Crippen molar-refractivity contribution >= 4 is 11.8 Å². The van der Waals surface area contributed by atoms with Gasteiger partial charge in [0.15, 0.2) is 0 Å². The van der Waals surface area contributed by atoms with Crippen molar-refractivity contribution in [3.8, 4) is 0 Å². The Morgan fingerprint density at radius 3 is 2.43 bits per heavy atom. The van der Waals surface area contributed by atoms with E-state index in [1.807, 2.05) is 24.3 Å². The highest BCUT2D eigenvalue weighted by Gasteiger charge is 2.18. The molecule has 0 fully saturated rings. The van der Waals surface area contributed by atoms with Gasteiger partial charge in [-0.15, -0.1) is 0 Å². The molecular weight excluding hydrogens is 258 g/mol. The van der Waals surface area contributed by atoms with Gasteiger partial charge in [0.05, 0.1) is 5.71 Å². The monoisotopic (exact) mass is 277 g/mol. The summed E-state index contributed by atoms with van der Waals surface area (Å²) >= 11 is 0. The van der Waals surface area contributed by atoms with Crippen LogP contribution in [0.15, 0.2) is 71.9 Å². The van der Waals surface area contributed by atoms with Crippen LogP contribution in [0.3, 0.4) is 0 Å². The van der Waals surface area contributed by atoms with Crippen LogP contribution in [0, 0.1) is 0 Å². The molecule has 0 aromatic heterocycles. The smallest absolute Gasteiger partial charge is 0.133 e. The Morgan fingerprint density at radius 1 is 0.952 bits per heavy atom. The lowest BCUT2D eigenvalue weighted by atomic mass is 10.0. The normalized spacial score (nSPS) is 17.7. The molecule has 1 heterocycles. The van der Waals surface area contributed by atoms with E-state index >= 15 is 0 Å². The third-order valence-corrected chi connectivity index (χ3v) is 3.62. The van der Waals surface area contributed by atoms with E-state index in [0.717, 1.165) is 25.0 Å². The standard InChI is InChI=1S/C19H19NO/c1-3-7-16(8-4-1)11-13-18-15-19(21-20-18)14-12-17-9-5-2-6-10-17/h1-11,13,19H,12,14-15H2. The van der Waals surface area contributed by atoms with E-state index < -0.39 is 0 Å². The molecule has 1 unspecified atom stereocenters. The molecule has 1 atom stereocenters. The molecule has 0 spiro atoms. The molecule has 2 nitrogen and oxygen atoms in total. The van der Waals surface area contributed by atoms with Crippen molar-refractivity contribution < 1.29 is 4.84 Å². The minimum atomic E-state index is 0.209. The fourth-order valence-corrected chi connectivity index (χ4v) is 2.43. The van der Waals surface area contributed by atoms with E-state index in [0.29, 0.717) is 0 Å². The Hall–Kier alpha value is -2.35. The van der Waals surface area contributed by atoms with Crippen LogP contribution in [0.1, 0.15) is 24.0 Å². The maximum atomic E-state index is 5.51. The summed E-state index contributed by atoms with van der Waals surface area (Å²) < 4.78 is 0. The second kappa shape index (κ2) is 6.89. The van der Waals surface area contributed by atoms with E-state index in [1.165, 1.54) is 11.1 Å². The fraction of sp³-hybridized carbons (Fsp3) is 0.211. The van der Waals surface area contributed by atoms with Gasteiger partial charge in [-0.2, -0.15) is 0 Å². The third-order valence-electron chi connectivity index (χ3n) is 3.62. The van der Waals surface area contributed by atoms with Gasteiger partial charge in [0.25, 0.3) is 0 Å². The van der Waals surface area contributed by atoms with Gasteiger partial charge in [0.1, 0.15) is 6.10 Å². The lowest BCUT2D eigenvalue weighted by Crippen LogP contribution is -2.08. The second-order valence-corrected chi connectivity index (χ2v) is 5.28. The Bertz CT molecular complexity index is 617. The van der Waals surface area contributed by atoms with Crippen molar-refractivity contribution in [2.24, 2.45) is 5.16 Å². The number of nitrogens with zero attached hydrogens (tertiary/aromatic N) is 1. The van der Waals surface area contributed by atoms with Crippen LogP contribution < -0.4 is 0 Å². The van der Waals surface area contributed by atoms with Gasteiger partial charge in [0.2, 0.25) is 0 Å². The molecule has 0 amide bonds. The van der Waals surface area contributed by atoms with Crippen molar-refractivity contribution in [3.63, 3.8) is 0 Å².